The Morgan fingerprint density at radius 2 is 1.00 bits per heavy atom. The van der Waals surface area contributed by atoms with Crippen LogP contribution >= 0.6 is 7.82 Å². The summed E-state index contributed by atoms with van der Waals surface area (Å²) in [5.74, 6) is -0.809. The zero-order valence-electron chi connectivity index (χ0n) is 29.3. The highest BCUT2D eigenvalue weighted by Crippen LogP contribution is 2.42. The highest BCUT2D eigenvalue weighted by atomic mass is 31.2. The Morgan fingerprint density at radius 1 is 0.600 bits per heavy atom. The molecule has 9 heteroatoms. The molecule has 0 rings (SSSR count). The maximum absolute atomic E-state index is 12.4. The molecular formula is C36H69O8P. The normalized spacial score (nSPS) is 13.6. The lowest BCUT2D eigenvalue weighted by Crippen LogP contribution is -2.29. The van der Waals surface area contributed by atoms with Crippen LogP contribution < -0.4 is 0 Å². The highest BCUT2D eigenvalue weighted by Gasteiger charge is 2.24. The molecule has 45 heavy (non-hydrogen) atoms. The number of rotatable bonds is 34. The molecule has 1 N–H and O–H groups in total. The van der Waals surface area contributed by atoms with Crippen LogP contribution in [0.4, 0.5) is 0 Å². The molecule has 8 nitrogen and oxygen atoms in total. The fourth-order valence-electron chi connectivity index (χ4n) is 5.12. The summed E-state index contributed by atoms with van der Waals surface area (Å²) in [6.07, 6.45) is 32.6. The van der Waals surface area contributed by atoms with Crippen molar-refractivity contribution < 1.29 is 37.6 Å². The number of unbranched alkanes of at least 4 members (excludes halogenated alkanes) is 21. The number of ether oxygens (including phenoxy) is 2. The largest absolute Gasteiger partial charge is 0.472 e. The minimum Gasteiger partial charge on any atom is -0.462 e. The van der Waals surface area contributed by atoms with Gasteiger partial charge in [0.15, 0.2) is 6.10 Å². The highest BCUT2D eigenvalue weighted by molar-refractivity contribution is 7.47. The van der Waals surface area contributed by atoms with Crippen molar-refractivity contribution in [3.63, 3.8) is 0 Å². The maximum atomic E-state index is 12.4. The monoisotopic (exact) mass is 660 g/mol. The van der Waals surface area contributed by atoms with Gasteiger partial charge in [-0.3, -0.25) is 18.6 Å². The van der Waals surface area contributed by atoms with Crippen molar-refractivity contribution >= 4 is 19.8 Å². The fraction of sp³-hybridized carbons (Fsp3) is 0.889. The van der Waals surface area contributed by atoms with Gasteiger partial charge in [-0.25, -0.2) is 4.57 Å². The molecule has 0 aliphatic carbocycles. The first-order valence-corrected chi connectivity index (χ1v) is 19.9. The fourth-order valence-corrected chi connectivity index (χ4v) is 5.58. The van der Waals surface area contributed by atoms with E-state index in [0.717, 1.165) is 58.5 Å². The first-order chi connectivity index (χ1) is 21.8. The summed E-state index contributed by atoms with van der Waals surface area (Å²) < 4.78 is 31.8. The lowest BCUT2D eigenvalue weighted by Gasteiger charge is -2.19. The summed E-state index contributed by atoms with van der Waals surface area (Å²) in [5, 5.41) is 0. The van der Waals surface area contributed by atoms with Gasteiger partial charge in [-0.15, -0.1) is 0 Å². The number of phosphoric ester groups is 1. The van der Waals surface area contributed by atoms with Crippen LogP contribution in [0.3, 0.4) is 0 Å². The summed E-state index contributed by atoms with van der Waals surface area (Å²) in [6, 6.07) is 0. The van der Waals surface area contributed by atoms with Crippen LogP contribution in [0.15, 0.2) is 12.2 Å². The van der Waals surface area contributed by atoms with E-state index in [9.17, 15) is 19.0 Å². The molecule has 2 unspecified atom stereocenters. The van der Waals surface area contributed by atoms with Crippen LogP contribution in [0.25, 0.3) is 0 Å². The van der Waals surface area contributed by atoms with Crippen molar-refractivity contribution in [1.29, 1.82) is 0 Å². The summed E-state index contributed by atoms with van der Waals surface area (Å²) in [4.78, 5) is 34.2. The minimum atomic E-state index is -4.25. The topological polar surface area (TPSA) is 108 Å². The van der Waals surface area contributed by atoms with Gasteiger partial charge < -0.3 is 14.4 Å². The van der Waals surface area contributed by atoms with E-state index in [4.69, 9.17) is 14.0 Å². The van der Waals surface area contributed by atoms with Gasteiger partial charge in [0, 0.05) is 20.0 Å². The standard InChI is InChI=1S/C36H69O8P/c1-4-6-8-10-12-14-16-18-19-21-22-24-26-28-30-35(37)42-32-34(33-43-45(39,40)41-3)44-36(38)31-29-27-25-23-20-17-15-13-11-9-7-5-2/h13,15,34H,4-12,14,16-33H2,1-3H3,(H,39,40)/b15-13-. The molecule has 0 aromatic heterocycles. The molecule has 0 saturated carbocycles. The molecule has 0 aromatic rings. The number of allylic oxidation sites excluding steroid dienone is 2. The number of carbonyl (C=O) groups excluding carboxylic acids is 2. The van der Waals surface area contributed by atoms with Crippen molar-refractivity contribution in [2.24, 2.45) is 0 Å². The summed E-state index contributed by atoms with van der Waals surface area (Å²) in [5.41, 5.74) is 0. The van der Waals surface area contributed by atoms with Crippen molar-refractivity contribution in [2.75, 3.05) is 20.3 Å². The smallest absolute Gasteiger partial charge is 0.462 e. The average Bonchev–Trinajstić information content (AvgIpc) is 3.03. The summed E-state index contributed by atoms with van der Waals surface area (Å²) in [6.45, 7) is 3.85. The van der Waals surface area contributed by atoms with Crippen LogP contribution in [0.5, 0.6) is 0 Å². The molecule has 0 aliphatic heterocycles. The van der Waals surface area contributed by atoms with Gasteiger partial charge in [0.05, 0.1) is 6.61 Å². The summed E-state index contributed by atoms with van der Waals surface area (Å²) >= 11 is 0. The molecule has 0 fully saturated rings. The van der Waals surface area contributed by atoms with Crippen molar-refractivity contribution in [2.45, 2.75) is 187 Å². The zero-order valence-corrected chi connectivity index (χ0v) is 30.2. The van der Waals surface area contributed by atoms with Crippen LogP contribution in [0, 0.1) is 0 Å². The molecule has 2 atom stereocenters. The van der Waals surface area contributed by atoms with Crippen LogP contribution in [0.1, 0.15) is 181 Å². The first-order valence-electron chi connectivity index (χ1n) is 18.4. The van der Waals surface area contributed by atoms with E-state index in [2.05, 4.69) is 30.5 Å². The number of hydrogen-bond donors (Lipinski definition) is 1. The predicted octanol–water partition coefficient (Wildman–Crippen LogP) is 10.9. The number of carbonyl (C=O) groups is 2. The maximum Gasteiger partial charge on any atom is 0.472 e. The third-order valence-electron chi connectivity index (χ3n) is 8.01. The third-order valence-corrected chi connectivity index (χ3v) is 8.95. The Hall–Kier alpha value is -1.21. The second kappa shape index (κ2) is 32.7. The van der Waals surface area contributed by atoms with Gasteiger partial charge in [-0.1, -0.05) is 142 Å². The van der Waals surface area contributed by atoms with E-state index >= 15 is 0 Å². The van der Waals surface area contributed by atoms with Gasteiger partial charge >= 0.3 is 19.8 Å². The Kier molecular flexibility index (Phi) is 31.8. The van der Waals surface area contributed by atoms with E-state index in [1.807, 2.05) is 0 Å². The van der Waals surface area contributed by atoms with Crippen molar-refractivity contribution in [3.05, 3.63) is 12.2 Å². The Morgan fingerprint density at radius 3 is 1.49 bits per heavy atom. The average molecular weight is 661 g/mol. The van der Waals surface area contributed by atoms with Gasteiger partial charge in [0.2, 0.25) is 0 Å². The zero-order chi connectivity index (χ0) is 33.3. The van der Waals surface area contributed by atoms with Gasteiger partial charge in [0.1, 0.15) is 6.61 Å². The van der Waals surface area contributed by atoms with Crippen LogP contribution in [-0.2, 0) is 32.7 Å². The molecular weight excluding hydrogens is 591 g/mol. The quantitative estimate of drug-likeness (QED) is 0.0314. The van der Waals surface area contributed by atoms with Gasteiger partial charge in [-0.05, 0) is 38.5 Å². The molecule has 0 saturated heterocycles. The lowest BCUT2D eigenvalue weighted by atomic mass is 10.0. The van der Waals surface area contributed by atoms with Crippen LogP contribution in [0.2, 0.25) is 0 Å². The molecule has 0 heterocycles. The molecule has 0 radical (unpaired) electrons. The SMILES string of the molecule is CCCCC/C=C\CCCCCCCC(=O)OC(COC(=O)CCCCCCCCCCCCCCCC)COP(=O)(O)OC. The lowest BCUT2D eigenvalue weighted by molar-refractivity contribution is -0.161. The Bertz CT molecular complexity index is 757. The van der Waals surface area contributed by atoms with E-state index in [-0.39, 0.29) is 19.0 Å². The molecule has 0 aliphatic rings. The van der Waals surface area contributed by atoms with Gasteiger partial charge in [0.25, 0.3) is 0 Å². The number of esters is 2. The number of hydrogen-bond acceptors (Lipinski definition) is 7. The summed E-state index contributed by atoms with van der Waals surface area (Å²) in [7, 11) is -3.19. The Labute approximate surface area is 276 Å². The van der Waals surface area contributed by atoms with Crippen molar-refractivity contribution in [1.82, 2.24) is 0 Å². The van der Waals surface area contributed by atoms with Gasteiger partial charge in [-0.2, -0.15) is 0 Å². The Balaban J connectivity index is 4.06. The van der Waals surface area contributed by atoms with Crippen LogP contribution in [-0.4, -0.2) is 43.3 Å². The van der Waals surface area contributed by atoms with E-state index in [0.29, 0.717) is 12.8 Å². The number of phosphoric acid groups is 1. The molecule has 0 aromatic carbocycles. The second-order valence-corrected chi connectivity index (χ2v) is 13.9. The molecule has 0 bridgehead atoms. The second-order valence-electron chi connectivity index (χ2n) is 12.4. The third kappa shape index (κ3) is 32.5. The minimum absolute atomic E-state index is 0.223. The molecule has 266 valence electrons. The first kappa shape index (κ1) is 43.8. The predicted molar refractivity (Wildman–Crippen MR) is 184 cm³/mol. The van der Waals surface area contributed by atoms with E-state index in [1.54, 1.807) is 0 Å². The molecule has 0 amide bonds. The van der Waals surface area contributed by atoms with E-state index < -0.39 is 26.5 Å². The molecule has 0 spiro atoms. The van der Waals surface area contributed by atoms with E-state index in [1.165, 1.54) is 96.3 Å². The van der Waals surface area contributed by atoms with Crippen molar-refractivity contribution in [3.8, 4) is 0 Å².